The van der Waals surface area contributed by atoms with Crippen LogP contribution in [-0.2, 0) is 23.9 Å². The Labute approximate surface area is 152 Å². The van der Waals surface area contributed by atoms with Crippen LogP contribution in [0.15, 0.2) is 23.3 Å². The number of nitrogens with zero attached hydrogens (tertiary/aromatic N) is 2. The zero-order chi connectivity index (χ0) is 19.7. The summed E-state index contributed by atoms with van der Waals surface area (Å²) in [5, 5.41) is 16.7. The molecule has 1 rings (SSSR count). The molecule has 0 bridgehead atoms. The van der Waals surface area contributed by atoms with Crippen molar-refractivity contribution in [3.05, 3.63) is 33.3 Å². The molecule has 0 unspecified atom stereocenters. The van der Waals surface area contributed by atoms with E-state index in [2.05, 4.69) is 15.3 Å². The molecule has 0 saturated heterocycles. The fourth-order valence-electron chi connectivity index (χ4n) is 1.55. The van der Waals surface area contributed by atoms with E-state index in [0.717, 1.165) is 6.07 Å². The monoisotopic (exact) mass is 386 g/mol. The molecule has 0 aliphatic heterocycles. The third-order valence-electron chi connectivity index (χ3n) is 2.60. The molecule has 0 heterocycles. The number of nitro benzene ring substituents is 1. The standard InChI is InChI=1S/C14H15ClN4O7/c1-3-25-13(21)11(16-12(20)14(22)26-4-2)18-17-9-7-8(15)5-6-10(9)19(23)24/h5-7,17H,3-4H2,1-2H3,(H,16,18,20). The lowest BCUT2D eigenvalue weighted by atomic mass is 10.3. The second-order valence-corrected chi connectivity index (χ2v) is 4.82. The minimum atomic E-state index is -1.26. The summed E-state index contributed by atoms with van der Waals surface area (Å²) in [5.74, 6) is -4.26. The number of amides is 1. The van der Waals surface area contributed by atoms with E-state index < -0.39 is 28.6 Å². The fourth-order valence-corrected chi connectivity index (χ4v) is 1.72. The minimum absolute atomic E-state index is 0.0373. The van der Waals surface area contributed by atoms with E-state index >= 15 is 0 Å². The molecule has 0 aliphatic rings. The van der Waals surface area contributed by atoms with Crippen LogP contribution in [0, 0.1) is 10.1 Å². The van der Waals surface area contributed by atoms with Crippen LogP contribution in [0.25, 0.3) is 0 Å². The van der Waals surface area contributed by atoms with E-state index in [4.69, 9.17) is 16.3 Å². The molecule has 0 aliphatic carbocycles. The highest BCUT2D eigenvalue weighted by Crippen LogP contribution is 2.27. The molecule has 12 heteroatoms. The molecule has 26 heavy (non-hydrogen) atoms. The number of hydrazone groups is 1. The largest absolute Gasteiger partial charge is 0.460 e. The van der Waals surface area contributed by atoms with Gasteiger partial charge >= 0.3 is 17.8 Å². The predicted octanol–water partition coefficient (Wildman–Crippen LogP) is 1.22. The van der Waals surface area contributed by atoms with Gasteiger partial charge in [0.2, 0.25) is 5.84 Å². The normalized spacial score (nSPS) is 10.7. The molecule has 1 aromatic rings. The number of nitrogens with one attached hydrogen (secondary N) is 2. The van der Waals surface area contributed by atoms with Gasteiger partial charge in [0.05, 0.1) is 18.1 Å². The van der Waals surface area contributed by atoms with Crippen molar-refractivity contribution in [1.29, 1.82) is 0 Å². The Hall–Kier alpha value is -3.21. The van der Waals surface area contributed by atoms with Crippen LogP contribution in [0.3, 0.4) is 0 Å². The molecular formula is C14H15ClN4O7. The molecular weight excluding hydrogens is 372 g/mol. The van der Waals surface area contributed by atoms with Gasteiger partial charge in [-0.3, -0.25) is 25.7 Å². The van der Waals surface area contributed by atoms with E-state index in [-0.39, 0.29) is 29.6 Å². The maximum atomic E-state index is 11.8. The molecule has 1 amide bonds. The highest BCUT2D eigenvalue weighted by Gasteiger charge is 2.23. The number of carbonyl (C=O) groups is 3. The van der Waals surface area contributed by atoms with Gasteiger partial charge in [0.1, 0.15) is 5.69 Å². The summed E-state index contributed by atoms with van der Waals surface area (Å²) < 4.78 is 9.19. The number of halogens is 1. The van der Waals surface area contributed by atoms with Gasteiger partial charge in [-0.25, -0.2) is 9.59 Å². The van der Waals surface area contributed by atoms with Gasteiger partial charge in [-0.05, 0) is 26.0 Å². The average molecular weight is 387 g/mol. The Morgan fingerprint density at radius 3 is 2.38 bits per heavy atom. The van der Waals surface area contributed by atoms with Crippen LogP contribution < -0.4 is 10.7 Å². The van der Waals surface area contributed by atoms with E-state index in [0.29, 0.717) is 0 Å². The van der Waals surface area contributed by atoms with Crippen molar-refractivity contribution < 1.29 is 28.8 Å². The van der Waals surface area contributed by atoms with Gasteiger partial charge in [-0.15, -0.1) is 5.10 Å². The Morgan fingerprint density at radius 2 is 1.81 bits per heavy atom. The van der Waals surface area contributed by atoms with E-state index in [1.54, 1.807) is 0 Å². The lowest BCUT2D eigenvalue weighted by Gasteiger charge is -2.08. The number of esters is 2. The van der Waals surface area contributed by atoms with Crippen molar-refractivity contribution in [2.24, 2.45) is 5.10 Å². The van der Waals surface area contributed by atoms with Crippen LogP contribution in [-0.4, -0.2) is 41.8 Å². The molecule has 0 aromatic heterocycles. The van der Waals surface area contributed by atoms with Crippen molar-refractivity contribution in [2.75, 3.05) is 18.6 Å². The first-order chi connectivity index (χ1) is 12.3. The first-order valence-electron chi connectivity index (χ1n) is 7.23. The van der Waals surface area contributed by atoms with Crippen LogP contribution in [0.4, 0.5) is 11.4 Å². The zero-order valence-corrected chi connectivity index (χ0v) is 14.5. The van der Waals surface area contributed by atoms with E-state index in [1.807, 2.05) is 5.32 Å². The SMILES string of the molecule is CCOC(=O)C(=O)N/C(=N\Nc1cc(Cl)ccc1[N+](=O)[O-])C(=O)OCC. The summed E-state index contributed by atoms with van der Waals surface area (Å²) >= 11 is 5.78. The number of nitro groups is 1. The third-order valence-corrected chi connectivity index (χ3v) is 2.84. The third kappa shape index (κ3) is 6.02. The maximum Gasteiger partial charge on any atom is 0.397 e. The smallest absolute Gasteiger partial charge is 0.397 e. The molecule has 0 spiro atoms. The van der Waals surface area contributed by atoms with E-state index in [1.165, 1.54) is 26.0 Å². The van der Waals surface area contributed by atoms with Crippen LogP contribution in [0.1, 0.15) is 13.8 Å². The van der Waals surface area contributed by atoms with E-state index in [9.17, 15) is 24.5 Å². The van der Waals surface area contributed by atoms with Gasteiger partial charge in [0.25, 0.3) is 5.69 Å². The van der Waals surface area contributed by atoms with Gasteiger partial charge < -0.3 is 9.47 Å². The molecule has 0 radical (unpaired) electrons. The number of rotatable bonds is 5. The summed E-state index contributed by atoms with van der Waals surface area (Å²) in [6, 6.07) is 3.62. The summed E-state index contributed by atoms with van der Waals surface area (Å²) in [7, 11) is 0. The zero-order valence-electron chi connectivity index (χ0n) is 13.8. The molecule has 1 aromatic carbocycles. The number of benzene rings is 1. The van der Waals surface area contributed by atoms with Crippen molar-refractivity contribution in [3.8, 4) is 0 Å². The number of hydrogen-bond donors (Lipinski definition) is 2. The molecule has 0 saturated carbocycles. The van der Waals surface area contributed by atoms with Crippen LogP contribution >= 0.6 is 11.6 Å². The van der Waals surface area contributed by atoms with Gasteiger partial charge in [-0.2, -0.15) is 0 Å². The second-order valence-electron chi connectivity index (χ2n) is 4.39. The number of carbonyl (C=O) groups excluding carboxylic acids is 3. The van der Waals surface area contributed by atoms with Crippen molar-refractivity contribution >= 4 is 46.7 Å². The molecule has 0 fully saturated rings. The maximum absolute atomic E-state index is 11.8. The van der Waals surface area contributed by atoms with Gasteiger partial charge in [-0.1, -0.05) is 11.6 Å². The Balaban J connectivity index is 3.10. The summed E-state index contributed by atoms with van der Waals surface area (Å²) in [6.07, 6.45) is 0. The summed E-state index contributed by atoms with van der Waals surface area (Å²) in [5.41, 5.74) is 1.72. The Morgan fingerprint density at radius 1 is 1.19 bits per heavy atom. The summed E-state index contributed by atoms with van der Waals surface area (Å²) in [6.45, 7) is 2.92. The van der Waals surface area contributed by atoms with Crippen molar-refractivity contribution in [3.63, 3.8) is 0 Å². The molecule has 2 N–H and O–H groups in total. The average Bonchev–Trinajstić information content (AvgIpc) is 2.58. The Bertz CT molecular complexity index is 751. The van der Waals surface area contributed by atoms with Crippen LogP contribution in [0.5, 0.6) is 0 Å². The number of amidine groups is 1. The number of hydrogen-bond acceptors (Lipinski definition) is 9. The molecule has 0 atom stereocenters. The first-order valence-corrected chi connectivity index (χ1v) is 7.60. The second kappa shape index (κ2) is 9.93. The number of anilines is 1. The van der Waals surface area contributed by atoms with Crippen LogP contribution in [0.2, 0.25) is 5.02 Å². The quantitative estimate of drug-likeness (QED) is 0.191. The van der Waals surface area contributed by atoms with Gasteiger partial charge in [0, 0.05) is 11.1 Å². The predicted molar refractivity (Wildman–Crippen MR) is 90.6 cm³/mol. The lowest BCUT2D eigenvalue weighted by molar-refractivity contribution is -0.384. The Kier molecular flexibility index (Phi) is 7.96. The summed E-state index contributed by atoms with van der Waals surface area (Å²) in [4.78, 5) is 45.2. The highest BCUT2D eigenvalue weighted by atomic mass is 35.5. The number of ether oxygens (including phenoxy) is 2. The fraction of sp³-hybridized carbons (Fsp3) is 0.286. The van der Waals surface area contributed by atoms with Gasteiger partial charge in [0.15, 0.2) is 0 Å². The topological polar surface area (TPSA) is 149 Å². The van der Waals surface area contributed by atoms with Crippen molar-refractivity contribution in [2.45, 2.75) is 13.8 Å². The lowest BCUT2D eigenvalue weighted by Crippen LogP contribution is -2.42. The minimum Gasteiger partial charge on any atom is -0.460 e. The molecule has 140 valence electrons. The molecule has 11 nitrogen and oxygen atoms in total. The van der Waals surface area contributed by atoms with Crippen molar-refractivity contribution in [1.82, 2.24) is 5.32 Å². The highest BCUT2D eigenvalue weighted by molar-refractivity contribution is 6.45. The first kappa shape index (κ1) is 20.8.